The van der Waals surface area contributed by atoms with Gasteiger partial charge in [-0.3, -0.25) is 0 Å². The molecule has 0 radical (unpaired) electrons. The summed E-state index contributed by atoms with van der Waals surface area (Å²) in [6.07, 6.45) is 1.40. The van der Waals surface area contributed by atoms with Gasteiger partial charge in [0.1, 0.15) is 17.4 Å². The minimum Gasteiger partial charge on any atom is -0.462 e. The van der Waals surface area contributed by atoms with E-state index in [-0.39, 0.29) is 12.2 Å². The second kappa shape index (κ2) is 8.65. The fourth-order valence-corrected chi connectivity index (χ4v) is 2.75. The second-order valence-corrected chi connectivity index (χ2v) is 5.88. The van der Waals surface area contributed by atoms with E-state index in [0.717, 1.165) is 10.8 Å². The van der Waals surface area contributed by atoms with Gasteiger partial charge in [0.2, 0.25) is 0 Å². The van der Waals surface area contributed by atoms with Crippen LogP contribution in [-0.4, -0.2) is 18.5 Å². The zero-order chi connectivity index (χ0) is 19.9. The topological polar surface area (TPSA) is 76.4 Å². The Kier molecular flexibility index (Phi) is 5.83. The fraction of sp³-hybridized carbons (Fsp3) is 0.0870. The molecule has 5 heteroatoms. The van der Waals surface area contributed by atoms with Crippen molar-refractivity contribution in [3.63, 3.8) is 0 Å². The van der Waals surface area contributed by atoms with Gasteiger partial charge in [0.15, 0.2) is 0 Å². The van der Waals surface area contributed by atoms with Gasteiger partial charge in [-0.1, -0.05) is 48.5 Å². The lowest BCUT2D eigenvalue weighted by Gasteiger charge is -2.08. The Morgan fingerprint density at radius 1 is 1.04 bits per heavy atom. The molecule has 28 heavy (non-hydrogen) atoms. The number of nitriles is 1. The number of hydrogen-bond donors (Lipinski definition) is 0. The van der Waals surface area contributed by atoms with Crippen molar-refractivity contribution >= 4 is 28.8 Å². The molecule has 3 aromatic carbocycles. The predicted molar refractivity (Wildman–Crippen MR) is 106 cm³/mol. The van der Waals surface area contributed by atoms with Gasteiger partial charge in [-0.05, 0) is 47.5 Å². The first-order valence-corrected chi connectivity index (χ1v) is 8.71. The summed E-state index contributed by atoms with van der Waals surface area (Å²) < 4.78 is 10.4. The van der Waals surface area contributed by atoms with Crippen LogP contribution < -0.4 is 4.74 Å². The zero-order valence-electron chi connectivity index (χ0n) is 15.2. The molecule has 0 atom stereocenters. The van der Waals surface area contributed by atoms with Crippen LogP contribution in [0.1, 0.15) is 22.8 Å². The number of carbonyl (C=O) groups excluding carboxylic acids is 2. The highest BCUT2D eigenvalue weighted by Crippen LogP contribution is 2.22. The highest BCUT2D eigenvalue weighted by atomic mass is 16.5. The molecule has 0 bridgehead atoms. The average molecular weight is 371 g/mol. The van der Waals surface area contributed by atoms with Crippen LogP contribution in [0.2, 0.25) is 0 Å². The Hall–Kier alpha value is -3.91. The molecule has 5 nitrogen and oxygen atoms in total. The van der Waals surface area contributed by atoms with Crippen LogP contribution in [0.4, 0.5) is 0 Å². The number of fused-ring (bicyclic) bond motifs is 1. The second-order valence-electron chi connectivity index (χ2n) is 5.88. The molecule has 3 rings (SSSR count). The summed E-state index contributed by atoms with van der Waals surface area (Å²) in [5, 5.41) is 10.9. The minimum absolute atomic E-state index is 0.126. The number of esters is 2. The number of carbonyl (C=O) groups is 2. The van der Waals surface area contributed by atoms with Gasteiger partial charge in [0.25, 0.3) is 0 Å². The summed E-state index contributed by atoms with van der Waals surface area (Å²) >= 11 is 0. The largest absolute Gasteiger partial charge is 0.462 e. The zero-order valence-corrected chi connectivity index (χ0v) is 15.2. The number of benzene rings is 3. The number of ether oxygens (including phenoxy) is 2. The molecule has 0 aromatic heterocycles. The van der Waals surface area contributed by atoms with Gasteiger partial charge in [0.05, 0.1) is 12.2 Å². The summed E-state index contributed by atoms with van der Waals surface area (Å²) in [5.74, 6) is -0.861. The molecule has 0 N–H and O–H groups in total. The van der Waals surface area contributed by atoms with Crippen LogP contribution >= 0.6 is 0 Å². The molecule has 0 aliphatic rings. The Labute approximate surface area is 162 Å². The van der Waals surface area contributed by atoms with E-state index in [1.807, 2.05) is 36.4 Å². The van der Waals surface area contributed by atoms with Gasteiger partial charge in [-0.15, -0.1) is 0 Å². The van der Waals surface area contributed by atoms with Gasteiger partial charge < -0.3 is 9.47 Å². The lowest BCUT2D eigenvalue weighted by molar-refractivity contribution is -0.137. The maximum atomic E-state index is 12.6. The SMILES string of the molecule is CCOC(=O)/C(C#N)=C/c1cccc(OC(=O)c2cccc3ccccc23)c1. The van der Waals surface area contributed by atoms with Crippen LogP contribution in [0.15, 0.2) is 72.3 Å². The fourth-order valence-electron chi connectivity index (χ4n) is 2.75. The Morgan fingerprint density at radius 2 is 1.79 bits per heavy atom. The Bertz CT molecular complexity index is 1100. The predicted octanol–water partition coefficient (Wildman–Crippen LogP) is 4.53. The lowest BCUT2D eigenvalue weighted by Crippen LogP contribution is -2.09. The molecule has 3 aromatic rings. The summed E-state index contributed by atoms with van der Waals surface area (Å²) in [7, 11) is 0. The molecule has 0 amide bonds. The highest BCUT2D eigenvalue weighted by Gasteiger charge is 2.13. The molecule has 0 heterocycles. The van der Waals surface area contributed by atoms with Crippen molar-refractivity contribution in [2.75, 3.05) is 6.61 Å². The average Bonchev–Trinajstić information content (AvgIpc) is 2.72. The smallest absolute Gasteiger partial charge is 0.348 e. The van der Waals surface area contributed by atoms with E-state index >= 15 is 0 Å². The van der Waals surface area contributed by atoms with E-state index in [4.69, 9.17) is 14.7 Å². The van der Waals surface area contributed by atoms with E-state index < -0.39 is 11.9 Å². The summed E-state index contributed by atoms with van der Waals surface area (Å²) in [6, 6.07) is 21.4. The number of nitrogens with zero attached hydrogens (tertiary/aromatic N) is 1. The van der Waals surface area contributed by atoms with E-state index in [9.17, 15) is 9.59 Å². The normalized spacial score (nSPS) is 10.9. The van der Waals surface area contributed by atoms with E-state index in [2.05, 4.69) is 0 Å². The van der Waals surface area contributed by atoms with Crippen molar-refractivity contribution in [1.29, 1.82) is 5.26 Å². The minimum atomic E-state index is -0.692. The molecule has 0 saturated heterocycles. The summed E-state index contributed by atoms with van der Waals surface area (Å²) in [4.78, 5) is 24.4. The van der Waals surface area contributed by atoms with Crippen LogP contribution in [0.3, 0.4) is 0 Å². The molecular formula is C23H17NO4. The Morgan fingerprint density at radius 3 is 2.57 bits per heavy atom. The summed E-state index contributed by atoms with van der Waals surface area (Å²) in [5.41, 5.74) is 0.885. The molecule has 138 valence electrons. The third-order valence-electron chi connectivity index (χ3n) is 4.00. The van der Waals surface area contributed by atoms with Crippen LogP contribution in [-0.2, 0) is 9.53 Å². The van der Waals surface area contributed by atoms with Crippen molar-refractivity contribution in [3.8, 4) is 11.8 Å². The van der Waals surface area contributed by atoms with Crippen molar-refractivity contribution in [1.82, 2.24) is 0 Å². The molecule has 0 saturated carbocycles. The third kappa shape index (κ3) is 4.25. The third-order valence-corrected chi connectivity index (χ3v) is 4.00. The molecule has 0 unspecified atom stereocenters. The van der Waals surface area contributed by atoms with Crippen LogP contribution in [0, 0.1) is 11.3 Å². The monoisotopic (exact) mass is 371 g/mol. The first kappa shape index (κ1) is 18.9. The standard InChI is InChI=1S/C23H17NO4/c1-2-27-22(25)18(15-24)13-16-7-5-10-19(14-16)28-23(26)21-12-6-9-17-8-3-4-11-20(17)21/h3-14H,2H2,1H3/b18-13+. The van der Waals surface area contributed by atoms with E-state index in [1.165, 1.54) is 6.08 Å². The molecule has 0 spiro atoms. The molecular weight excluding hydrogens is 354 g/mol. The molecule has 0 aliphatic heterocycles. The van der Waals surface area contributed by atoms with Gasteiger partial charge in [-0.2, -0.15) is 5.26 Å². The van der Waals surface area contributed by atoms with Crippen molar-refractivity contribution in [3.05, 3.63) is 83.4 Å². The quantitative estimate of drug-likeness (QED) is 0.285. The van der Waals surface area contributed by atoms with Gasteiger partial charge >= 0.3 is 11.9 Å². The first-order chi connectivity index (χ1) is 13.6. The molecule has 0 fully saturated rings. The maximum absolute atomic E-state index is 12.6. The molecule has 0 aliphatic carbocycles. The maximum Gasteiger partial charge on any atom is 0.348 e. The number of hydrogen-bond acceptors (Lipinski definition) is 5. The van der Waals surface area contributed by atoms with E-state index in [0.29, 0.717) is 16.9 Å². The van der Waals surface area contributed by atoms with Gasteiger partial charge in [0, 0.05) is 0 Å². The van der Waals surface area contributed by atoms with Gasteiger partial charge in [-0.25, -0.2) is 9.59 Å². The van der Waals surface area contributed by atoms with Crippen molar-refractivity contribution in [2.45, 2.75) is 6.92 Å². The van der Waals surface area contributed by atoms with Crippen molar-refractivity contribution < 1.29 is 19.1 Å². The summed E-state index contributed by atoms with van der Waals surface area (Å²) in [6.45, 7) is 1.85. The van der Waals surface area contributed by atoms with Crippen LogP contribution in [0.5, 0.6) is 5.75 Å². The first-order valence-electron chi connectivity index (χ1n) is 8.71. The van der Waals surface area contributed by atoms with E-state index in [1.54, 1.807) is 43.3 Å². The Balaban J connectivity index is 1.86. The highest BCUT2D eigenvalue weighted by molar-refractivity contribution is 6.05. The number of rotatable bonds is 5. The lowest BCUT2D eigenvalue weighted by atomic mass is 10.0. The van der Waals surface area contributed by atoms with Crippen molar-refractivity contribution in [2.24, 2.45) is 0 Å². The van der Waals surface area contributed by atoms with Crippen LogP contribution in [0.25, 0.3) is 16.8 Å².